The smallest absolute Gasteiger partial charge is 0.252 e. The topological polar surface area (TPSA) is 25.8 Å². The maximum Gasteiger partial charge on any atom is 0.420 e. The molecule has 0 fully saturated rings. The lowest BCUT2D eigenvalue weighted by Crippen LogP contribution is -2.08. The Balaban J connectivity index is 2.57. The van der Waals surface area contributed by atoms with Crippen LogP contribution in [0, 0.1) is 4.64 Å². The third-order valence-electron chi connectivity index (χ3n) is 3.30. The Morgan fingerprint density at radius 1 is 1.04 bits per heavy atom. The molecule has 122 valence electrons. The van der Waals surface area contributed by atoms with E-state index in [9.17, 15) is 13.2 Å². The van der Waals surface area contributed by atoms with Crippen LogP contribution in [0.5, 0.6) is 0 Å². The van der Waals surface area contributed by atoms with Crippen molar-refractivity contribution < 1.29 is 13.2 Å². The summed E-state index contributed by atoms with van der Waals surface area (Å²) in [6.07, 6.45) is -3.50. The van der Waals surface area contributed by atoms with Crippen LogP contribution in [0.3, 0.4) is 0 Å². The maximum atomic E-state index is 13.5. The first-order valence-corrected chi connectivity index (χ1v) is 7.77. The zero-order valence-electron chi connectivity index (χ0n) is 11.7. The minimum Gasteiger partial charge on any atom is -0.252 e. The zero-order valence-corrected chi connectivity index (χ0v) is 14.1. The van der Waals surface area contributed by atoms with Crippen molar-refractivity contribution in [1.82, 2.24) is 9.97 Å². The molecule has 0 spiro atoms. The Kier molecular flexibility index (Phi) is 4.46. The van der Waals surface area contributed by atoms with Gasteiger partial charge in [0.05, 0.1) is 27.5 Å². The molecule has 0 unspecified atom stereocenters. The number of aromatic nitrogens is 2. The Labute approximate surface area is 149 Å². The second-order valence-corrected chi connectivity index (χ2v) is 6.07. The number of hydrogen-bond donors (Lipinski definition) is 0. The van der Waals surface area contributed by atoms with Crippen molar-refractivity contribution in [3.05, 3.63) is 62.8 Å². The number of halogens is 5. The molecule has 0 radical (unpaired) electrons. The van der Waals surface area contributed by atoms with Gasteiger partial charge in [0.1, 0.15) is 10.2 Å². The van der Waals surface area contributed by atoms with Crippen molar-refractivity contribution in [2.24, 2.45) is 0 Å². The van der Waals surface area contributed by atoms with Gasteiger partial charge in [0.2, 0.25) is 0 Å². The van der Waals surface area contributed by atoms with Gasteiger partial charge in [0.25, 0.3) is 0 Å². The first-order valence-electron chi connectivity index (χ1n) is 6.60. The molecule has 3 rings (SSSR count). The van der Waals surface area contributed by atoms with Crippen molar-refractivity contribution in [3.8, 4) is 11.3 Å². The molecule has 1 aromatic heterocycles. The number of rotatable bonds is 1. The first kappa shape index (κ1) is 17.1. The van der Waals surface area contributed by atoms with Crippen molar-refractivity contribution in [3.63, 3.8) is 0 Å². The average molecular weight is 387 g/mol. The van der Waals surface area contributed by atoms with Gasteiger partial charge in [-0.3, -0.25) is 4.98 Å². The van der Waals surface area contributed by atoms with Crippen LogP contribution >= 0.6 is 35.4 Å². The van der Waals surface area contributed by atoms with Gasteiger partial charge in [-0.05, 0) is 6.07 Å². The Bertz CT molecular complexity index is 992. The van der Waals surface area contributed by atoms with E-state index in [-0.39, 0.29) is 20.6 Å². The lowest BCUT2D eigenvalue weighted by Gasteiger charge is -2.13. The van der Waals surface area contributed by atoms with Gasteiger partial charge < -0.3 is 0 Å². The van der Waals surface area contributed by atoms with Crippen LogP contribution in [-0.4, -0.2) is 9.97 Å². The first-order chi connectivity index (χ1) is 11.3. The standard InChI is InChI=1S/C16H7Cl2F3N2S/c17-10-6-9-14(8-4-2-1-3-5-8)22-7-11(24)23-15(9)12(13(10)18)16(19,20)21/h1-7H. The second kappa shape index (κ2) is 6.27. The summed E-state index contributed by atoms with van der Waals surface area (Å²) in [5.74, 6) is 0. The van der Waals surface area contributed by atoms with Crippen LogP contribution in [0.15, 0.2) is 42.6 Å². The summed E-state index contributed by atoms with van der Waals surface area (Å²) < 4.78 is 40.5. The number of hydrogen-bond acceptors (Lipinski definition) is 3. The van der Waals surface area contributed by atoms with Gasteiger partial charge in [-0.15, -0.1) is 0 Å². The summed E-state index contributed by atoms with van der Waals surface area (Å²) in [7, 11) is 0. The van der Waals surface area contributed by atoms with Gasteiger partial charge in [-0.2, -0.15) is 13.2 Å². The zero-order chi connectivity index (χ0) is 17.5. The number of fused-ring (bicyclic) bond motifs is 1. The summed E-state index contributed by atoms with van der Waals surface area (Å²) in [5.41, 5.74) is -0.592. The second-order valence-electron chi connectivity index (χ2n) is 4.86. The third kappa shape index (κ3) is 3.09. The number of nitrogens with zero attached hydrogens (tertiary/aromatic N) is 2. The van der Waals surface area contributed by atoms with E-state index in [0.29, 0.717) is 11.3 Å². The normalized spacial score (nSPS) is 11.7. The molecule has 0 aliphatic carbocycles. The SMILES string of the molecule is FC(F)(F)c1c(Cl)c(Cl)cc2c(-c3ccccc3)ncc(=S)nc12. The molecule has 24 heavy (non-hydrogen) atoms. The molecule has 0 amide bonds. The Hall–Kier alpha value is -1.76. The summed E-state index contributed by atoms with van der Waals surface area (Å²) in [5, 5.41) is -0.711. The Morgan fingerprint density at radius 2 is 1.71 bits per heavy atom. The van der Waals surface area contributed by atoms with Crippen molar-refractivity contribution in [2.75, 3.05) is 0 Å². The fraction of sp³-hybridized carbons (Fsp3) is 0.0625. The molecule has 0 atom stereocenters. The van der Waals surface area contributed by atoms with Gasteiger partial charge >= 0.3 is 6.18 Å². The fourth-order valence-electron chi connectivity index (χ4n) is 2.33. The van der Waals surface area contributed by atoms with Gasteiger partial charge in [-0.1, -0.05) is 65.8 Å². The van der Waals surface area contributed by atoms with Crippen LogP contribution in [0.4, 0.5) is 13.2 Å². The highest BCUT2D eigenvalue weighted by Gasteiger charge is 2.37. The van der Waals surface area contributed by atoms with E-state index in [0.717, 1.165) is 0 Å². The van der Waals surface area contributed by atoms with Gasteiger partial charge in [0, 0.05) is 10.9 Å². The molecule has 2 aromatic carbocycles. The van der Waals surface area contributed by atoms with E-state index in [1.165, 1.54) is 12.3 Å². The molecule has 0 N–H and O–H groups in total. The van der Waals surface area contributed by atoms with Crippen molar-refractivity contribution >= 4 is 46.3 Å². The van der Waals surface area contributed by atoms with E-state index in [1.807, 2.05) is 0 Å². The quantitative estimate of drug-likeness (QED) is 0.455. The van der Waals surface area contributed by atoms with E-state index in [1.54, 1.807) is 30.3 Å². The average Bonchev–Trinajstić information content (AvgIpc) is 2.66. The van der Waals surface area contributed by atoms with Crippen molar-refractivity contribution in [2.45, 2.75) is 6.18 Å². The summed E-state index contributed by atoms with van der Waals surface area (Å²) >= 11 is 16.7. The van der Waals surface area contributed by atoms with Crippen molar-refractivity contribution in [1.29, 1.82) is 0 Å². The Morgan fingerprint density at radius 3 is 2.33 bits per heavy atom. The van der Waals surface area contributed by atoms with E-state index in [2.05, 4.69) is 9.97 Å². The largest absolute Gasteiger partial charge is 0.420 e. The molecule has 0 aliphatic heterocycles. The van der Waals surface area contributed by atoms with Gasteiger partial charge in [-0.25, -0.2) is 4.98 Å². The number of benzene rings is 2. The molecule has 3 aromatic rings. The van der Waals surface area contributed by atoms with Crippen LogP contribution in [0.1, 0.15) is 5.56 Å². The van der Waals surface area contributed by atoms with E-state index in [4.69, 9.17) is 35.4 Å². The molecule has 0 saturated carbocycles. The monoisotopic (exact) mass is 386 g/mol. The lowest BCUT2D eigenvalue weighted by molar-refractivity contribution is -0.136. The van der Waals surface area contributed by atoms with Crippen LogP contribution in [0.25, 0.3) is 22.2 Å². The summed E-state index contributed by atoms with van der Waals surface area (Å²) in [6.45, 7) is 0. The molecular formula is C16H7Cl2F3N2S. The van der Waals surface area contributed by atoms with Crippen LogP contribution in [-0.2, 0) is 6.18 Å². The highest BCUT2D eigenvalue weighted by molar-refractivity contribution is 7.71. The predicted octanol–water partition coefficient (Wildman–Crippen LogP) is 6.35. The summed E-state index contributed by atoms with van der Waals surface area (Å²) in [4.78, 5) is 8.08. The molecular weight excluding hydrogens is 380 g/mol. The third-order valence-corrected chi connectivity index (χ3v) is 4.29. The lowest BCUT2D eigenvalue weighted by atomic mass is 10.0. The molecule has 2 nitrogen and oxygen atoms in total. The minimum atomic E-state index is -4.74. The van der Waals surface area contributed by atoms with E-state index >= 15 is 0 Å². The summed E-state index contributed by atoms with van der Waals surface area (Å²) in [6, 6.07) is 10.1. The van der Waals surface area contributed by atoms with Crippen LogP contribution < -0.4 is 0 Å². The van der Waals surface area contributed by atoms with Gasteiger partial charge in [0.15, 0.2) is 0 Å². The molecule has 1 heterocycles. The molecule has 0 aliphatic rings. The number of alkyl halides is 3. The molecule has 0 bridgehead atoms. The predicted molar refractivity (Wildman–Crippen MR) is 90.8 cm³/mol. The molecule has 8 heteroatoms. The minimum absolute atomic E-state index is 0.0777. The maximum absolute atomic E-state index is 13.5. The fourth-order valence-corrected chi connectivity index (χ4v) is 2.93. The molecule has 0 saturated heterocycles. The van der Waals surface area contributed by atoms with E-state index < -0.39 is 16.8 Å². The van der Waals surface area contributed by atoms with Crippen LogP contribution in [0.2, 0.25) is 10.0 Å². The highest BCUT2D eigenvalue weighted by atomic mass is 35.5. The highest BCUT2D eigenvalue weighted by Crippen LogP contribution is 2.43.